The summed E-state index contributed by atoms with van der Waals surface area (Å²) in [6.45, 7) is 2.08. The van der Waals surface area contributed by atoms with Crippen molar-refractivity contribution in [1.29, 1.82) is 0 Å². The van der Waals surface area contributed by atoms with Crippen LogP contribution in [0.2, 0.25) is 0 Å². The van der Waals surface area contributed by atoms with Crippen LogP contribution < -0.4 is 9.47 Å². The van der Waals surface area contributed by atoms with Crippen LogP contribution in [0.3, 0.4) is 0 Å². The molecular weight excluding hydrogens is 352 g/mol. The third-order valence-electron chi connectivity index (χ3n) is 5.21. The molecule has 0 fully saturated rings. The molecule has 0 amide bonds. The Morgan fingerprint density at radius 3 is 1.89 bits per heavy atom. The molecule has 0 bridgehead atoms. The molecule has 4 heteroatoms. The third-order valence-corrected chi connectivity index (χ3v) is 5.21. The topological polar surface area (TPSA) is 55.8 Å². The van der Waals surface area contributed by atoms with E-state index in [4.69, 9.17) is 14.6 Å². The van der Waals surface area contributed by atoms with Crippen molar-refractivity contribution in [2.75, 3.05) is 14.2 Å². The Morgan fingerprint density at radius 2 is 1.36 bits per heavy atom. The van der Waals surface area contributed by atoms with Crippen molar-refractivity contribution >= 4 is 16.7 Å². The number of hydrogen-bond donors (Lipinski definition) is 1. The second-order valence-electron chi connectivity index (χ2n) is 6.93. The minimum atomic E-state index is -0.767. The molecule has 0 saturated carbocycles. The summed E-state index contributed by atoms with van der Waals surface area (Å²) in [5.74, 6) is 1.04. The largest absolute Gasteiger partial charge is 0.496 e. The van der Waals surface area contributed by atoms with Gasteiger partial charge in [-0.2, -0.15) is 0 Å². The Bertz CT molecular complexity index is 974. The number of ether oxygens (including phenoxy) is 2. The second-order valence-corrected chi connectivity index (χ2v) is 6.93. The zero-order chi connectivity index (χ0) is 20.1. The van der Waals surface area contributed by atoms with Gasteiger partial charge in [-0.05, 0) is 42.9 Å². The van der Waals surface area contributed by atoms with E-state index in [2.05, 4.69) is 31.2 Å². The molecule has 0 aromatic heterocycles. The van der Waals surface area contributed by atoms with Crippen LogP contribution in [0, 0.1) is 6.92 Å². The summed E-state index contributed by atoms with van der Waals surface area (Å²) >= 11 is 0. The molecular formula is C24H26O4. The average Bonchev–Trinajstić information content (AvgIpc) is 2.71. The number of aliphatic carboxylic acids is 1. The second kappa shape index (κ2) is 8.79. The summed E-state index contributed by atoms with van der Waals surface area (Å²) in [4.78, 5) is 10.7. The number of carbonyl (C=O) groups is 1. The minimum absolute atomic E-state index is 0.159. The molecule has 146 valence electrons. The molecule has 3 aromatic carbocycles. The predicted molar refractivity (Wildman–Crippen MR) is 112 cm³/mol. The maximum Gasteiger partial charge on any atom is 0.303 e. The van der Waals surface area contributed by atoms with E-state index < -0.39 is 5.97 Å². The zero-order valence-electron chi connectivity index (χ0n) is 16.6. The van der Waals surface area contributed by atoms with Crippen molar-refractivity contribution < 1.29 is 19.4 Å². The van der Waals surface area contributed by atoms with E-state index in [0.717, 1.165) is 51.8 Å². The minimum Gasteiger partial charge on any atom is -0.496 e. The number of fused-ring (bicyclic) bond motifs is 1. The van der Waals surface area contributed by atoms with Gasteiger partial charge in [0, 0.05) is 22.8 Å². The van der Waals surface area contributed by atoms with Gasteiger partial charge >= 0.3 is 5.97 Å². The van der Waals surface area contributed by atoms with Crippen LogP contribution >= 0.6 is 0 Å². The lowest BCUT2D eigenvalue weighted by molar-refractivity contribution is -0.136. The Balaban J connectivity index is 1.86. The molecule has 0 atom stereocenters. The SMILES string of the molecule is COc1c(C)c(CCc2ccc(CCC(=O)O)cc2)c(OC)c2ccccc12. The molecule has 0 heterocycles. The van der Waals surface area contributed by atoms with Gasteiger partial charge in [-0.25, -0.2) is 0 Å². The van der Waals surface area contributed by atoms with Crippen LogP contribution in [0.1, 0.15) is 28.7 Å². The Hall–Kier alpha value is -3.01. The zero-order valence-corrected chi connectivity index (χ0v) is 16.6. The van der Waals surface area contributed by atoms with Crippen molar-refractivity contribution in [2.45, 2.75) is 32.6 Å². The van der Waals surface area contributed by atoms with Gasteiger partial charge in [-0.3, -0.25) is 4.79 Å². The van der Waals surface area contributed by atoms with Gasteiger partial charge in [-0.15, -0.1) is 0 Å². The van der Waals surface area contributed by atoms with Gasteiger partial charge in [0.1, 0.15) is 11.5 Å². The predicted octanol–water partition coefficient (Wildman–Crippen LogP) is 4.97. The van der Waals surface area contributed by atoms with E-state index in [1.807, 2.05) is 24.3 Å². The Morgan fingerprint density at radius 1 is 0.821 bits per heavy atom. The van der Waals surface area contributed by atoms with Crippen molar-refractivity contribution in [3.8, 4) is 11.5 Å². The molecule has 0 radical (unpaired) electrons. The van der Waals surface area contributed by atoms with Gasteiger partial charge in [-0.1, -0.05) is 48.5 Å². The van der Waals surface area contributed by atoms with E-state index >= 15 is 0 Å². The highest BCUT2D eigenvalue weighted by Gasteiger charge is 2.17. The summed E-state index contributed by atoms with van der Waals surface area (Å²) in [6.07, 6.45) is 2.43. The van der Waals surface area contributed by atoms with Crippen molar-refractivity contribution in [1.82, 2.24) is 0 Å². The Labute approximate surface area is 165 Å². The van der Waals surface area contributed by atoms with E-state index in [0.29, 0.717) is 6.42 Å². The maximum atomic E-state index is 10.7. The monoisotopic (exact) mass is 378 g/mol. The summed E-state index contributed by atoms with van der Waals surface area (Å²) in [7, 11) is 3.43. The van der Waals surface area contributed by atoms with Gasteiger partial charge in [0.05, 0.1) is 14.2 Å². The van der Waals surface area contributed by atoms with Crippen LogP contribution in [0.15, 0.2) is 48.5 Å². The normalized spacial score (nSPS) is 10.8. The quantitative estimate of drug-likeness (QED) is 0.601. The highest BCUT2D eigenvalue weighted by atomic mass is 16.5. The van der Waals surface area contributed by atoms with Gasteiger partial charge in [0.15, 0.2) is 0 Å². The number of rotatable bonds is 8. The highest BCUT2D eigenvalue weighted by molar-refractivity contribution is 5.96. The lowest BCUT2D eigenvalue weighted by Gasteiger charge is -2.19. The maximum absolute atomic E-state index is 10.7. The summed E-state index contributed by atoms with van der Waals surface area (Å²) in [6, 6.07) is 16.3. The number of aryl methyl sites for hydroxylation is 2. The van der Waals surface area contributed by atoms with Crippen LogP contribution in [0.25, 0.3) is 10.8 Å². The molecule has 1 N–H and O–H groups in total. The van der Waals surface area contributed by atoms with Crippen LogP contribution in [0.4, 0.5) is 0 Å². The summed E-state index contributed by atoms with van der Waals surface area (Å²) < 4.78 is 11.5. The molecule has 28 heavy (non-hydrogen) atoms. The van der Waals surface area contributed by atoms with Crippen molar-refractivity contribution in [3.05, 3.63) is 70.8 Å². The van der Waals surface area contributed by atoms with E-state index in [9.17, 15) is 4.79 Å². The number of methoxy groups -OCH3 is 2. The smallest absolute Gasteiger partial charge is 0.303 e. The molecule has 3 rings (SSSR count). The van der Waals surface area contributed by atoms with E-state index in [-0.39, 0.29) is 6.42 Å². The van der Waals surface area contributed by atoms with E-state index in [1.54, 1.807) is 14.2 Å². The fourth-order valence-corrected chi connectivity index (χ4v) is 3.74. The molecule has 3 aromatic rings. The first-order chi connectivity index (χ1) is 13.5. The molecule has 0 aliphatic rings. The average molecular weight is 378 g/mol. The Kier molecular flexibility index (Phi) is 6.19. The fraction of sp³-hybridized carbons (Fsp3) is 0.292. The standard InChI is InChI=1S/C24H26O4/c1-16-19(14-12-17-8-10-18(11-9-17)13-15-22(25)26)24(28-3)21-7-5-4-6-20(21)23(16)27-2/h4-11H,12-15H2,1-3H3,(H,25,26). The number of carboxylic acids is 1. The molecule has 0 saturated heterocycles. The first kappa shape index (κ1) is 19.7. The lowest BCUT2D eigenvalue weighted by Crippen LogP contribution is -2.02. The molecule has 0 aliphatic heterocycles. The first-order valence-electron chi connectivity index (χ1n) is 9.47. The van der Waals surface area contributed by atoms with Crippen LogP contribution in [0.5, 0.6) is 11.5 Å². The summed E-state index contributed by atoms with van der Waals surface area (Å²) in [5, 5.41) is 10.9. The van der Waals surface area contributed by atoms with Gasteiger partial charge in [0.25, 0.3) is 0 Å². The lowest BCUT2D eigenvalue weighted by atomic mass is 9.94. The molecule has 0 unspecified atom stereocenters. The third kappa shape index (κ3) is 4.11. The fourth-order valence-electron chi connectivity index (χ4n) is 3.74. The molecule has 0 spiro atoms. The van der Waals surface area contributed by atoms with Crippen molar-refractivity contribution in [3.63, 3.8) is 0 Å². The number of benzene rings is 3. The van der Waals surface area contributed by atoms with Gasteiger partial charge < -0.3 is 14.6 Å². The van der Waals surface area contributed by atoms with Crippen molar-refractivity contribution in [2.24, 2.45) is 0 Å². The number of carboxylic acid groups (broad SMARTS) is 1. The first-order valence-corrected chi connectivity index (χ1v) is 9.47. The van der Waals surface area contributed by atoms with Crippen LogP contribution in [-0.2, 0) is 24.1 Å². The van der Waals surface area contributed by atoms with Gasteiger partial charge in [0.2, 0.25) is 0 Å². The van der Waals surface area contributed by atoms with Crippen LogP contribution in [-0.4, -0.2) is 25.3 Å². The number of hydrogen-bond acceptors (Lipinski definition) is 3. The van der Waals surface area contributed by atoms with E-state index in [1.165, 1.54) is 5.56 Å². The molecule has 0 aliphatic carbocycles. The molecule has 4 nitrogen and oxygen atoms in total. The highest BCUT2D eigenvalue weighted by Crippen LogP contribution is 2.40. The summed E-state index contributed by atoms with van der Waals surface area (Å²) in [5.41, 5.74) is 4.53.